The van der Waals surface area contributed by atoms with Crippen LogP contribution < -0.4 is 10.6 Å². The van der Waals surface area contributed by atoms with Gasteiger partial charge >= 0.3 is 5.97 Å². The van der Waals surface area contributed by atoms with E-state index in [1.807, 2.05) is 12.1 Å². The number of ether oxygens (including phenoxy) is 1. The second-order valence-corrected chi connectivity index (χ2v) is 8.12. The van der Waals surface area contributed by atoms with Crippen molar-refractivity contribution >= 4 is 35.1 Å². The number of benzene rings is 2. The Morgan fingerprint density at radius 3 is 2.14 bits per heavy atom. The third-order valence-corrected chi connectivity index (χ3v) is 4.44. The van der Waals surface area contributed by atoms with Gasteiger partial charge in [-0.3, -0.25) is 9.59 Å². The van der Waals surface area contributed by atoms with Crippen LogP contribution in [0, 0.1) is 0 Å². The van der Waals surface area contributed by atoms with E-state index in [9.17, 15) is 14.4 Å². The maximum atomic E-state index is 12.1. The first kappa shape index (κ1) is 22.4. The van der Waals surface area contributed by atoms with Gasteiger partial charge < -0.3 is 15.4 Å². The van der Waals surface area contributed by atoms with Crippen molar-refractivity contribution in [3.05, 3.63) is 64.7 Å². The smallest absolute Gasteiger partial charge is 0.328 e. The van der Waals surface area contributed by atoms with Crippen molar-refractivity contribution in [1.82, 2.24) is 5.32 Å². The van der Waals surface area contributed by atoms with Crippen LogP contribution in [0.25, 0.3) is 0 Å². The molecule has 2 amide bonds. The molecular formula is C22H25ClN2O4. The van der Waals surface area contributed by atoms with Gasteiger partial charge in [0.05, 0.1) is 0 Å². The van der Waals surface area contributed by atoms with Gasteiger partial charge in [0.25, 0.3) is 11.8 Å². The highest BCUT2D eigenvalue weighted by Crippen LogP contribution is 2.23. The van der Waals surface area contributed by atoms with E-state index in [-0.39, 0.29) is 5.41 Å². The Labute approximate surface area is 175 Å². The lowest BCUT2D eigenvalue weighted by Gasteiger charge is -2.19. The normalized spacial score (nSPS) is 12.0. The summed E-state index contributed by atoms with van der Waals surface area (Å²) in [5, 5.41) is 5.70. The van der Waals surface area contributed by atoms with Crippen LogP contribution in [0.15, 0.2) is 48.5 Å². The van der Waals surface area contributed by atoms with E-state index >= 15 is 0 Å². The van der Waals surface area contributed by atoms with Crippen LogP contribution in [-0.4, -0.2) is 30.4 Å². The highest BCUT2D eigenvalue weighted by atomic mass is 35.5. The average molecular weight is 417 g/mol. The summed E-state index contributed by atoms with van der Waals surface area (Å²) >= 11 is 5.79. The minimum absolute atomic E-state index is 0.0185. The standard InChI is InChI=1S/C22H25ClN2O4/c1-14(24-20(27)15-5-9-17(23)10-6-15)21(28)29-13-19(26)25-18-11-7-16(8-12-18)22(2,3)4/h5-12,14H,13H2,1-4H3,(H,24,27)(H,25,26)/t14-/m0/s1. The number of nitrogens with one attached hydrogen (secondary N) is 2. The maximum Gasteiger partial charge on any atom is 0.328 e. The van der Waals surface area contributed by atoms with Crippen molar-refractivity contribution in [1.29, 1.82) is 0 Å². The molecular weight excluding hydrogens is 392 g/mol. The number of amides is 2. The lowest BCUT2D eigenvalue weighted by molar-refractivity contribution is -0.148. The molecule has 29 heavy (non-hydrogen) atoms. The molecule has 7 heteroatoms. The number of carbonyl (C=O) groups is 3. The molecule has 2 rings (SSSR count). The minimum atomic E-state index is -0.906. The molecule has 0 aliphatic rings. The summed E-state index contributed by atoms with van der Waals surface area (Å²) in [7, 11) is 0. The van der Waals surface area contributed by atoms with Gasteiger partial charge in [0.1, 0.15) is 6.04 Å². The first-order valence-corrected chi connectivity index (χ1v) is 9.57. The average Bonchev–Trinajstić information content (AvgIpc) is 2.66. The minimum Gasteiger partial charge on any atom is -0.454 e. The molecule has 0 aromatic heterocycles. The molecule has 0 aliphatic heterocycles. The van der Waals surface area contributed by atoms with Crippen LogP contribution in [0.4, 0.5) is 5.69 Å². The van der Waals surface area contributed by atoms with E-state index in [0.717, 1.165) is 5.56 Å². The van der Waals surface area contributed by atoms with Crippen molar-refractivity contribution < 1.29 is 19.1 Å². The quantitative estimate of drug-likeness (QED) is 0.698. The van der Waals surface area contributed by atoms with E-state index < -0.39 is 30.4 Å². The molecule has 0 radical (unpaired) electrons. The van der Waals surface area contributed by atoms with E-state index in [4.69, 9.17) is 16.3 Å². The van der Waals surface area contributed by atoms with Crippen molar-refractivity contribution in [3.8, 4) is 0 Å². The number of anilines is 1. The topological polar surface area (TPSA) is 84.5 Å². The Morgan fingerprint density at radius 2 is 1.59 bits per heavy atom. The lowest BCUT2D eigenvalue weighted by atomic mass is 9.87. The van der Waals surface area contributed by atoms with Crippen molar-refractivity contribution in [3.63, 3.8) is 0 Å². The molecule has 0 aliphatic carbocycles. The third-order valence-electron chi connectivity index (χ3n) is 4.19. The number of halogens is 1. The fourth-order valence-electron chi connectivity index (χ4n) is 2.45. The first-order chi connectivity index (χ1) is 13.6. The summed E-state index contributed by atoms with van der Waals surface area (Å²) in [6, 6.07) is 12.8. The Kier molecular flexibility index (Phi) is 7.40. The predicted molar refractivity (Wildman–Crippen MR) is 113 cm³/mol. The van der Waals surface area contributed by atoms with Crippen molar-refractivity contribution in [2.24, 2.45) is 0 Å². The number of esters is 1. The van der Waals surface area contributed by atoms with E-state index in [1.165, 1.54) is 6.92 Å². The molecule has 6 nitrogen and oxygen atoms in total. The zero-order valence-electron chi connectivity index (χ0n) is 16.9. The van der Waals surface area contributed by atoms with E-state index in [2.05, 4.69) is 31.4 Å². The summed E-state index contributed by atoms with van der Waals surface area (Å²) in [5.41, 5.74) is 2.14. The number of carbonyl (C=O) groups excluding carboxylic acids is 3. The first-order valence-electron chi connectivity index (χ1n) is 9.20. The van der Waals surface area contributed by atoms with Crippen LogP contribution in [0.2, 0.25) is 5.02 Å². The highest BCUT2D eigenvalue weighted by molar-refractivity contribution is 6.30. The van der Waals surface area contributed by atoms with Gasteiger partial charge in [0, 0.05) is 16.3 Å². The lowest BCUT2D eigenvalue weighted by Crippen LogP contribution is -2.40. The van der Waals surface area contributed by atoms with Gasteiger partial charge in [-0.05, 0) is 54.3 Å². The Hall–Kier alpha value is -2.86. The molecule has 0 spiro atoms. The summed E-state index contributed by atoms with van der Waals surface area (Å²) in [5.74, 6) is -1.60. The summed E-state index contributed by atoms with van der Waals surface area (Å²) in [6.07, 6.45) is 0. The van der Waals surface area contributed by atoms with Crippen LogP contribution in [0.1, 0.15) is 43.6 Å². The molecule has 154 valence electrons. The van der Waals surface area contributed by atoms with Crippen LogP contribution in [-0.2, 0) is 19.7 Å². The van der Waals surface area contributed by atoms with Gasteiger partial charge in [0.2, 0.25) is 0 Å². The largest absolute Gasteiger partial charge is 0.454 e. The van der Waals surface area contributed by atoms with Gasteiger partial charge in [-0.15, -0.1) is 0 Å². The van der Waals surface area contributed by atoms with Crippen LogP contribution >= 0.6 is 11.6 Å². The molecule has 0 saturated carbocycles. The molecule has 1 atom stereocenters. The Balaban J connectivity index is 1.80. The van der Waals surface area contributed by atoms with Crippen LogP contribution in [0.3, 0.4) is 0 Å². The SMILES string of the molecule is C[C@H](NC(=O)c1ccc(Cl)cc1)C(=O)OCC(=O)Nc1ccc(C(C)(C)C)cc1. The molecule has 2 N–H and O–H groups in total. The molecule has 0 heterocycles. The summed E-state index contributed by atoms with van der Waals surface area (Å²) in [4.78, 5) is 36.2. The predicted octanol–water partition coefficient (Wildman–Crippen LogP) is 3.94. The number of hydrogen-bond donors (Lipinski definition) is 2. The van der Waals surface area contributed by atoms with E-state index in [1.54, 1.807) is 36.4 Å². The molecule has 0 unspecified atom stereocenters. The van der Waals surface area contributed by atoms with Gasteiger partial charge in [-0.25, -0.2) is 4.79 Å². The molecule has 0 fully saturated rings. The second-order valence-electron chi connectivity index (χ2n) is 7.69. The fraction of sp³-hybridized carbons (Fsp3) is 0.318. The van der Waals surface area contributed by atoms with Gasteiger partial charge in [0.15, 0.2) is 6.61 Å². The number of hydrogen-bond acceptors (Lipinski definition) is 4. The molecule has 2 aromatic carbocycles. The summed E-state index contributed by atoms with van der Waals surface area (Å²) in [6.45, 7) is 7.35. The van der Waals surface area contributed by atoms with Gasteiger partial charge in [-0.1, -0.05) is 44.5 Å². The second kappa shape index (κ2) is 9.56. The van der Waals surface area contributed by atoms with Crippen molar-refractivity contribution in [2.45, 2.75) is 39.2 Å². The maximum absolute atomic E-state index is 12.1. The monoisotopic (exact) mass is 416 g/mol. The molecule has 0 saturated heterocycles. The zero-order valence-corrected chi connectivity index (χ0v) is 17.7. The van der Waals surface area contributed by atoms with Gasteiger partial charge in [-0.2, -0.15) is 0 Å². The molecule has 0 bridgehead atoms. The Morgan fingerprint density at radius 1 is 1.00 bits per heavy atom. The number of rotatable bonds is 6. The molecule has 2 aromatic rings. The Bertz CT molecular complexity index is 871. The van der Waals surface area contributed by atoms with Crippen LogP contribution in [0.5, 0.6) is 0 Å². The summed E-state index contributed by atoms with van der Waals surface area (Å²) < 4.78 is 4.98. The highest BCUT2D eigenvalue weighted by Gasteiger charge is 2.19. The van der Waals surface area contributed by atoms with E-state index in [0.29, 0.717) is 16.3 Å². The fourth-order valence-corrected chi connectivity index (χ4v) is 2.58. The zero-order chi connectivity index (χ0) is 21.6. The van der Waals surface area contributed by atoms with Crippen molar-refractivity contribution in [2.75, 3.05) is 11.9 Å². The third kappa shape index (κ3) is 6.91.